The standard InChI is InChI=1S/C18H17N3O3/c1-12(22)20-14-5-3-4-13(8-14)10-24-15-6-7-17-16(9-15)18(23)21(2)11-19-17/h3-9,11H,10H2,1-2H3,(H,20,22). The van der Waals surface area contributed by atoms with Gasteiger partial charge < -0.3 is 14.6 Å². The second kappa shape index (κ2) is 6.54. The second-order valence-electron chi connectivity index (χ2n) is 5.51. The van der Waals surface area contributed by atoms with Gasteiger partial charge >= 0.3 is 0 Å². The summed E-state index contributed by atoms with van der Waals surface area (Å²) in [5.74, 6) is 0.475. The third kappa shape index (κ3) is 3.43. The number of carbonyl (C=O) groups excluding carboxylic acids is 1. The molecule has 0 saturated heterocycles. The van der Waals surface area contributed by atoms with E-state index in [1.54, 1.807) is 25.2 Å². The van der Waals surface area contributed by atoms with Crippen molar-refractivity contribution in [2.24, 2.45) is 7.05 Å². The van der Waals surface area contributed by atoms with Crippen LogP contribution in [-0.4, -0.2) is 15.5 Å². The van der Waals surface area contributed by atoms with Gasteiger partial charge in [-0.2, -0.15) is 0 Å². The van der Waals surface area contributed by atoms with Gasteiger partial charge in [-0.25, -0.2) is 4.98 Å². The molecule has 2 aromatic carbocycles. The number of rotatable bonds is 4. The van der Waals surface area contributed by atoms with Crippen molar-refractivity contribution in [1.82, 2.24) is 9.55 Å². The van der Waals surface area contributed by atoms with Gasteiger partial charge in [-0.15, -0.1) is 0 Å². The number of nitrogens with one attached hydrogen (secondary N) is 1. The molecule has 0 bridgehead atoms. The highest BCUT2D eigenvalue weighted by atomic mass is 16.5. The SMILES string of the molecule is CC(=O)Nc1cccc(COc2ccc3ncn(C)c(=O)c3c2)c1. The smallest absolute Gasteiger partial charge is 0.261 e. The summed E-state index contributed by atoms with van der Waals surface area (Å²) in [6, 6.07) is 12.7. The minimum absolute atomic E-state index is 0.113. The van der Waals surface area contributed by atoms with Crippen LogP contribution < -0.4 is 15.6 Å². The molecule has 24 heavy (non-hydrogen) atoms. The third-order valence-electron chi connectivity index (χ3n) is 3.54. The van der Waals surface area contributed by atoms with Crippen LogP contribution in [0.1, 0.15) is 12.5 Å². The van der Waals surface area contributed by atoms with Crippen LogP contribution in [0.5, 0.6) is 5.75 Å². The molecule has 3 rings (SSSR count). The maximum absolute atomic E-state index is 12.1. The Labute approximate surface area is 138 Å². The number of anilines is 1. The molecule has 0 spiro atoms. The van der Waals surface area contributed by atoms with E-state index in [0.717, 1.165) is 11.3 Å². The largest absolute Gasteiger partial charge is 0.489 e. The summed E-state index contributed by atoms with van der Waals surface area (Å²) in [5.41, 5.74) is 2.16. The van der Waals surface area contributed by atoms with Crippen LogP contribution in [0.15, 0.2) is 53.6 Å². The highest BCUT2D eigenvalue weighted by Crippen LogP contribution is 2.19. The Kier molecular flexibility index (Phi) is 4.29. The van der Waals surface area contributed by atoms with Crippen molar-refractivity contribution in [3.63, 3.8) is 0 Å². The van der Waals surface area contributed by atoms with E-state index in [0.29, 0.717) is 23.3 Å². The van der Waals surface area contributed by atoms with Crippen LogP contribution in [0, 0.1) is 0 Å². The molecular weight excluding hydrogens is 306 g/mol. The Hall–Kier alpha value is -3.15. The zero-order valence-electron chi connectivity index (χ0n) is 13.4. The van der Waals surface area contributed by atoms with Gasteiger partial charge in [0.1, 0.15) is 12.4 Å². The van der Waals surface area contributed by atoms with Crippen molar-refractivity contribution >= 4 is 22.5 Å². The van der Waals surface area contributed by atoms with Gasteiger partial charge in [0.05, 0.1) is 17.2 Å². The van der Waals surface area contributed by atoms with Gasteiger partial charge in [-0.05, 0) is 35.9 Å². The Bertz CT molecular complexity index is 963. The summed E-state index contributed by atoms with van der Waals surface area (Å²) >= 11 is 0. The number of nitrogens with zero attached hydrogens (tertiary/aromatic N) is 2. The molecule has 0 aliphatic rings. The molecule has 1 N–H and O–H groups in total. The molecule has 6 heteroatoms. The lowest BCUT2D eigenvalue weighted by molar-refractivity contribution is -0.114. The molecule has 1 aromatic heterocycles. The fourth-order valence-electron chi connectivity index (χ4n) is 2.39. The molecule has 0 fully saturated rings. The Balaban J connectivity index is 1.79. The van der Waals surface area contributed by atoms with Crippen molar-refractivity contribution in [1.29, 1.82) is 0 Å². The molecular formula is C18H17N3O3. The second-order valence-corrected chi connectivity index (χ2v) is 5.51. The van der Waals surface area contributed by atoms with Gasteiger partial charge in [-0.1, -0.05) is 12.1 Å². The lowest BCUT2D eigenvalue weighted by Crippen LogP contribution is -2.16. The molecule has 0 aliphatic carbocycles. The molecule has 1 heterocycles. The molecule has 0 unspecified atom stereocenters. The number of hydrogen-bond donors (Lipinski definition) is 1. The highest BCUT2D eigenvalue weighted by molar-refractivity contribution is 5.88. The van der Waals surface area contributed by atoms with E-state index in [-0.39, 0.29) is 11.5 Å². The minimum Gasteiger partial charge on any atom is -0.489 e. The van der Waals surface area contributed by atoms with Gasteiger partial charge in [0.25, 0.3) is 5.56 Å². The summed E-state index contributed by atoms with van der Waals surface area (Å²) in [7, 11) is 1.66. The lowest BCUT2D eigenvalue weighted by atomic mass is 10.2. The fraction of sp³-hybridized carbons (Fsp3) is 0.167. The van der Waals surface area contributed by atoms with Gasteiger partial charge in [-0.3, -0.25) is 9.59 Å². The van der Waals surface area contributed by atoms with Crippen LogP contribution >= 0.6 is 0 Å². The van der Waals surface area contributed by atoms with E-state index in [4.69, 9.17) is 4.74 Å². The molecule has 0 saturated carbocycles. The van der Waals surface area contributed by atoms with Crippen molar-refractivity contribution < 1.29 is 9.53 Å². The number of aromatic nitrogens is 2. The third-order valence-corrected chi connectivity index (χ3v) is 3.54. The number of hydrogen-bond acceptors (Lipinski definition) is 4. The number of carbonyl (C=O) groups is 1. The van der Waals surface area contributed by atoms with E-state index in [1.165, 1.54) is 17.8 Å². The van der Waals surface area contributed by atoms with Crippen LogP contribution in [-0.2, 0) is 18.4 Å². The average molecular weight is 323 g/mol. The topological polar surface area (TPSA) is 73.2 Å². The Morgan fingerprint density at radius 3 is 2.88 bits per heavy atom. The molecule has 0 aliphatic heterocycles. The van der Waals surface area contributed by atoms with E-state index in [9.17, 15) is 9.59 Å². The normalized spacial score (nSPS) is 10.6. The molecule has 1 amide bonds. The first-order chi connectivity index (χ1) is 11.5. The van der Waals surface area contributed by atoms with Gasteiger partial charge in [0.15, 0.2) is 0 Å². The minimum atomic E-state index is -0.119. The molecule has 0 atom stereocenters. The average Bonchev–Trinajstić information content (AvgIpc) is 2.56. The van der Waals surface area contributed by atoms with E-state index in [2.05, 4.69) is 10.3 Å². The Morgan fingerprint density at radius 1 is 1.25 bits per heavy atom. The number of benzene rings is 2. The van der Waals surface area contributed by atoms with Crippen LogP contribution in [0.4, 0.5) is 5.69 Å². The fourth-order valence-corrected chi connectivity index (χ4v) is 2.39. The zero-order chi connectivity index (χ0) is 17.1. The number of fused-ring (bicyclic) bond motifs is 1. The molecule has 6 nitrogen and oxygen atoms in total. The van der Waals surface area contributed by atoms with Crippen LogP contribution in [0.3, 0.4) is 0 Å². The summed E-state index contributed by atoms with van der Waals surface area (Å²) in [6.07, 6.45) is 1.50. The van der Waals surface area contributed by atoms with Gasteiger partial charge in [0.2, 0.25) is 5.91 Å². The summed E-state index contributed by atoms with van der Waals surface area (Å²) in [5, 5.41) is 3.25. The summed E-state index contributed by atoms with van der Waals surface area (Å²) < 4.78 is 7.20. The predicted octanol–water partition coefficient (Wildman–Crippen LogP) is 2.47. The first-order valence-electron chi connectivity index (χ1n) is 7.47. The van der Waals surface area contributed by atoms with E-state index in [1.807, 2.05) is 24.3 Å². The first-order valence-corrected chi connectivity index (χ1v) is 7.47. The molecule has 3 aromatic rings. The molecule has 122 valence electrons. The number of ether oxygens (including phenoxy) is 1. The van der Waals surface area contributed by atoms with Crippen molar-refractivity contribution in [2.75, 3.05) is 5.32 Å². The quantitative estimate of drug-likeness (QED) is 0.800. The maximum Gasteiger partial charge on any atom is 0.261 e. The number of amides is 1. The summed E-state index contributed by atoms with van der Waals surface area (Å²) in [4.78, 5) is 27.4. The van der Waals surface area contributed by atoms with Crippen LogP contribution in [0.2, 0.25) is 0 Å². The van der Waals surface area contributed by atoms with Crippen molar-refractivity contribution in [3.05, 3.63) is 64.7 Å². The Morgan fingerprint density at radius 2 is 2.08 bits per heavy atom. The van der Waals surface area contributed by atoms with Crippen molar-refractivity contribution in [3.8, 4) is 5.75 Å². The first kappa shape index (κ1) is 15.7. The van der Waals surface area contributed by atoms with E-state index >= 15 is 0 Å². The van der Waals surface area contributed by atoms with Crippen LogP contribution in [0.25, 0.3) is 10.9 Å². The van der Waals surface area contributed by atoms with Crippen molar-refractivity contribution in [2.45, 2.75) is 13.5 Å². The molecule has 0 radical (unpaired) electrons. The van der Waals surface area contributed by atoms with E-state index < -0.39 is 0 Å². The number of aryl methyl sites for hydroxylation is 1. The highest BCUT2D eigenvalue weighted by Gasteiger charge is 2.05. The monoisotopic (exact) mass is 323 g/mol. The zero-order valence-corrected chi connectivity index (χ0v) is 13.4. The summed E-state index contributed by atoms with van der Waals surface area (Å²) in [6.45, 7) is 1.80. The lowest BCUT2D eigenvalue weighted by Gasteiger charge is -2.09. The maximum atomic E-state index is 12.1. The van der Waals surface area contributed by atoms with Gasteiger partial charge in [0, 0.05) is 19.7 Å². The predicted molar refractivity (Wildman–Crippen MR) is 92.1 cm³/mol.